The van der Waals surface area contributed by atoms with Crippen molar-refractivity contribution >= 4 is 39.2 Å². The summed E-state index contributed by atoms with van der Waals surface area (Å²) in [5.74, 6) is 0.832. The highest BCUT2D eigenvalue weighted by Crippen LogP contribution is 2.40. The summed E-state index contributed by atoms with van der Waals surface area (Å²) >= 11 is 3.27. The van der Waals surface area contributed by atoms with Gasteiger partial charge in [0.15, 0.2) is 0 Å². The lowest BCUT2D eigenvalue weighted by Gasteiger charge is -2.20. The summed E-state index contributed by atoms with van der Waals surface area (Å²) in [6.45, 7) is 0.562. The molecule has 0 aliphatic carbocycles. The minimum Gasteiger partial charge on any atom is -0.207 e. The van der Waals surface area contributed by atoms with Crippen LogP contribution < -0.4 is 0 Å². The van der Waals surface area contributed by atoms with E-state index in [0.717, 1.165) is 16.9 Å². The Morgan fingerprint density at radius 3 is 2.71 bits per heavy atom. The fourth-order valence-electron chi connectivity index (χ4n) is 2.20. The first-order chi connectivity index (χ1) is 10.2. The second-order valence-electron chi connectivity index (χ2n) is 4.65. The van der Waals surface area contributed by atoms with Crippen LogP contribution in [0.3, 0.4) is 0 Å². The number of hydrogen-bond acceptors (Lipinski definition) is 4. The summed E-state index contributed by atoms with van der Waals surface area (Å²) < 4.78 is 26.7. The van der Waals surface area contributed by atoms with Crippen LogP contribution in [0.5, 0.6) is 0 Å². The number of hydrogen-bond donors (Lipinski definition) is 0. The predicted molar refractivity (Wildman–Crippen MR) is 90.6 cm³/mol. The summed E-state index contributed by atoms with van der Waals surface area (Å²) in [6, 6.07) is 11.5. The number of thioether (sulfide) groups is 1. The average Bonchev–Trinajstić information content (AvgIpc) is 3.16. The Bertz CT molecular complexity index is 709. The Kier molecular flexibility index (Phi) is 4.49. The Morgan fingerprint density at radius 2 is 2.00 bits per heavy atom. The van der Waals surface area contributed by atoms with Gasteiger partial charge < -0.3 is 0 Å². The van der Waals surface area contributed by atoms with Crippen LogP contribution in [0.25, 0.3) is 6.08 Å². The van der Waals surface area contributed by atoms with E-state index in [4.69, 9.17) is 0 Å². The minimum absolute atomic E-state index is 0.0957. The zero-order chi connectivity index (χ0) is 14.7. The van der Waals surface area contributed by atoms with E-state index in [2.05, 4.69) is 0 Å². The van der Waals surface area contributed by atoms with Crippen molar-refractivity contribution in [2.45, 2.75) is 5.37 Å². The lowest BCUT2D eigenvalue weighted by Crippen LogP contribution is -2.28. The Morgan fingerprint density at radius 1 is 1.19 bits per heavy atom. The molecule has 1 fully saturated rings. The molecule has 0 saturated carbocycles. The first-order valence-electron chi connectivity index (χ1n) is 6.55. The van der Waals surface area contributed by atoms with Crippen LogP contribution in [0.4, 0.5) is 0 Å². The molecule has 1 aliphatic rings. The van der Waals surface area contributed by atoms with E-state index in [0.29, 0.717) is 6.54 Å². The van der Waals surface area contributed by atoms with Gasteiger partial charge in [0.1, 0.15) is 0 Å². The molecule has 1 aliphatic heterocycles. The van der Waals surface area contributed by atoms with Crippen molar-refractivity contribution < 1.29 is 8.42 Å². The second-order valence-corrected chi connectivity index (χ2v) is 8.39. The first-order valence-corrected chi connectivity index (χ1v) is 10.0. The number of rotatable bonds is 4. The van der Waals surface area contributed by atoms with Crippen molar-refractivity contribution in [1.82, 2.24) is 4.31 Å². The molecule has 3 rings (SSSR count). The topological polar surface area (TPSA) is 37.4 Å². The quantitative estimate of drug-likeness (QED) is 0.852. The van der Waals surface area contributed by atoms with E-state index in [9.17, 15) is 8.42 Å². The van der Waals surface area contributed by atoms with Gasteiger partial charge in [0.2, 0.25) is 10.0 Å². The molecule has 0 unspecified atom stereocenters. The monoisotopic (exact) mass is 337 g/mol. The fraction of sp³-hybridized carbons (Fsp3) is 0.200. The Balaban J connectivity index is 1.83. The van der Waals surface area contributed by atoms with Crippen molar-refractivity contribution in [3.05, 3.63) is 63.7 Å². The van der Waals surface area contributed by atoms with E-state index < -0.39 is 10.0 Å². The van der Waals surface area contributed by atoms with Gasteiger partial charge in [-0.25, -0.2) is 8.42 Å². The zero-order valence-electron chi connectivity index (χ0n) is 11.3. The van der Waals surface area contributed by atoms with Gasteiger partial charge in [-0.2, -0.15) is 15.6 Å². The van der Waals surface area contributed by atoms with Gasteiger partial charge >= 0.3 is 0 Å². The molecule has 3 nitrogen and oxygen atoms in total. The number of sulfonamides is 1. The molecule has 0 bridgehead atoms. The van der Waals surface area contributed by atoms with Crippen molar-refractivity contribution in [2.24, 2.45) is 0 Å². The van der Waals surface area contributed by atoms with Crippen LogP contribution in [0, 0.1) is 0 Å². The van der Waals surface area contributed by atoms with Gasteiger partial charge in [-0.3, -0.25) is 0 Å². The molecule has 110 valence electrons. The molecule has 6 heteroatoms. The van der Waals surface area contributed by atoms with Gasteiger partial charge in [0.25, 0.3) is 0 Å². The molecule has 1 aromatic heterocycles. The maximum atomic E-state index is 12.5. The summed E-state index contributed by atoms with van der Waals surface area (Å²) in [5.41, 5.74) is 1.96. The third kappa shape index (κ3) is 3.40. The highest BCUT2D eigenvalue weighted by molar-refractivity contribution is 8.01. The molecule has 21 heavy (non-hydrogen) atoms. The standard InChI is InChI=1S/C15H15NO2S3/c17-21(18,11-7-13-4-2-1-3-5-13)16-8-10-20-15(16)14-6-9-19-12-14/h1-7,9,11-12,15H,8,10H2/b11-7+/t15-/m1/s1. The second kappa shape index (κ2) is 6.36. The molecular formula is C15H15NO2S3. The third-order valence-electron chi connectivity index (χ3n) is 3.24. The van der Waals surface area contributed by atoms with E-state index in [1.54, 1.807) is 33.5 Å². The van der Waals surface area contributed by atoms with Crippen molar-refractivity contribution in [2.75, 3.05) is 12.3 Å². The first kappa shape index (κ1) is 14.8. The van der Waals surface area contributed by atoms with Crippen LogP contribution in [0.1, 0.15) is 16.5 Å². The SMILES string of the molecule is O=S(=O)(/C=C/c1ccccc1)N1CCS[C@@H]1c1ccsc1. The molecule has 0 amide bonds. The largest absolute Gasteiger partial charge is 0.237 e. The van der Waals surface area contributed by atoms with Gasteiger partial charge in [-0.05, 0) is 34.0 Å². The highest BCUT2D eigenvalue weighted by Gasteiger charge is 2.34. The lowest BCUT2D eigenvalue weighted by molar-refractivity contribution is 0.442. The van der Waals surface area contributed by atoms with Gasteiger partial charge in [0, 0.05) is 17.7 Å². The van der Waals surface area contributed by atoms with E-state index in [-0.39, 0.29) is 5.37 Å². The number of thiophene rings is 1. The van der Waals surface area contributed by atoms with Crippen LogP contribution in [0.15, 0.2) is 52.6 Å². The smallest absolute Gasteiger partial charge is 0.207 e. The van der Waals surface area contributed by atoms with Crippen LogP contribution in [0.2, 0.25) is 0 Å². The average molecular weight is 337 g/mol. The van der Waals surface area contributed by atoms with Gasteiger partial charge in [0.05, 0.1) is 5.37 Å². The number of nitrogens with zero attached hydrogens (tertiary/aromatic N) is 1. The van der Waals surface area contributed by atoms with Gasteiger partial charge in [-0.15, -0.1) is 11.8 Å². The number of benzene rings is 1. The molecule has 0 radical (unpaired) electrons. The van der Waals surface area contributed by atoms with Crippen molar-refractivity contribution in [3.8, 4) is 0 Å². The van der Waals surface area contributed by atoms with Crippen LogP contribution in [-0.4, -0.2) is 25.0 Å². The third-order valence-corrected chi connectivity index (χ3v) is 6.86. The van der Waals surface area contributed by atoms with Crippen LogP contribution >= 0.6 is 23.1 Å². The molecule has 0 N–H and O–H groups in total. The fourth-order valence-corrected chi connectivity index (χ4v) is 5.98. The van der Waals surface area contributed by atoms with Crippen molar-refractivity contribution in [1.29, 1.82) is 0 Å². The minimum atomic E-state index is -3.40. The highest BCUT2D eigenvalue weighted by atomic mass is 32.2. The molecule has 1 aromatic carbocycles. The molecule has 0 spiro atoms. The Labute approximate surface area is 133 Å². The molecule has 2 heterocycles. The van der Waals surface area contributed by atoms with E-state index in [1.807, 2.05) is 47.2 Å². The summed E-state index contributed by atoms with van der Waals surface area (Å²) in [4.78, 5) is 0. The molecular weight excluding hydrogens is 322 g/mol. The van der Waals surface area contributed by atoms with Crippen LogP contribution in [-0.2, 0) is 10.0 Å². The van der Waals surface area contributed by atoms with E-state index >= 15 is 0 Å². The predicted octanol–water partition coefficient (Wildman–Crippen LogP) is 3.80. The maximum absolute atomic E-state index is 12.5. The molecule has 1 saturated heterocycles. The van der Waals surface area contributed by atoms with Crippen molar-refractivity contribution in [3.63, 3.8) is 0 Å². The zero-order valence-corrected chi connectivity index (χ0v) is 13.7. The Hall–Kier alpha value is -1.08. The molecule has 2 aromatic rings. The lowest BCUT2D eigenvalue weighted by atomic mass is 10.2. The summed E-state index contributed by atoms with van der Waals surface area (Å²) in [5, 5.41) is 5.22. The normalized spacial score (nSPS) is 20.3. The van der Waals surface area contributed by atoms with Gasteiger partial charge in [-0.1, -0.05) is 30.3 Å². The summed E-state index contributed by atoms with van der Waals surface area (Å²) in [7, 11) is -3.40. The van der Waals surface area contributed by atoms with E-state index in [1.165, 1.54) is 5.41 Å². The molecule has 1 atom stereocenters. The summed E-state index contributed by atoms with van der Waals surface area (Å²) in [6.07, 6.45) is 1.66. The maximum Gasteiger partial charge on any atom is 0.237 e.